The van der Waals surface area contributed by atoms with Crippen LogP contribution in [0.1, 0.15) is 23.7 Å². The Morgan fingerprint density at radius 1 is 1.54 bits per heavy atom. The predicted octanol–water partition coefficient (Wildman–Crippen LogP) is 1.76. The Balaban J connectivity index is 2.75. The lowest BCUT2D eigenvalue weighted by atomic mass is 10.1. The van der Waals surface area contributed by atoms with Gasteiger partial charge in [0.2, 0.25) is 0 Å². The van der Waals surface area contributed by atoms with Crippen molar-refractivity contribution in [2.75, 3.05) is 0 Å². The Morgan fingerprint density at radius 2 is 2.23 bits per heavy atom. The molecular formula is C10H13NO2. The number of aromatic nitrogens is 1. The van der Waals surface area contributed by atoms with Gasteiger partial charge in [0.15, 0.2) is 0 Å². The standard InChI is InChI=1S/C10H13NO2/c1-7-5-11-8(2)4-10(7)6-13-9(3)12/h4-5H,6H2,1-3H3. The van der Waals surface area contributed by atoms with Crippen LogP contribution in [0.3, 0.4) is 0 Å². The Hall–Kier alpha value is -1.38. The summed E-state index contributed by atoms with van der Waals surface area (Å²) in [5.41, 5.74) is 3.00. The molecule has 0 saturated heterocycles. The number of esters is 1. The van der Waals surface area contributed by atoms with Gasteiger partial charge in [-0.05, 0) is 31.0 Å². The molecule has 1 aromatic heterocycles. The Bertz CT molecular complexity index is 321. The molecule has 0 unspecified atom stereocenters. The van der Waals surface area contributed by atoms with Gasteiger partial charge in [0, 0.05) is 18.8 Å². The molecule has 0 atom stereocenters. The SMILES string of the molecule is CC(=O)OCc1cc(C)ncc1C. The van der Waals surface area contributed by atoms with Crippen LogP contribution in [0, 0.1) is 13.8 Å². The van der Waals surface area contributed by atoms with Gasteiger partial charge in [-0.25, -0.2) is 0 Å². The van der Waals surface area contributed by atoms with E-state index < -0.39 is 0 Å². The van der Waals surface area contributed by atoms with E-state index in [1.165, 1.54) is 6.92 Å². The summed E-state index contributed by atoms with van der Waals surface area (Å²) < 4.78 is 4.90. The first-order valence-corrected chi connectivity index (χ1v) is 4.15. The third kappa shape index (κ3) is 2.86. The van der Waals surface area contributed by atoms with Gasteiger partial charge in [-0.15, -0.1) is 0 Å². The number of hydrogen-bond donors (Lipinski definition) is 0. The van der Waals surface area contributed by atoms with Crippen molar-refractivity contribution in [3.63, 3.8) is 0 Å². The van der Waals surface area contributed by atoms with Gasteiger partial charge in [0.1, 0.15) is 6.61 Å². The van der Waals surface area contributed by atoms with Gasteiger partial charge < -0.3 is 4.74 Å². The molecule has 1 rings (SSSR count). The zero-order chi connectivity index (χ0) is 9.84. The van der Waals surface area contributed by atoms with Crippen LogP contribution in [0.25, 0.3) is 0 Å². The van der Waals surface area contributed by atoms with Crippen LogP contribution >= 0.6 is 0 Å². The minimum absolute atomic E-state index is 0.256. The second-order valence-electron chi connectivity index (χ2n) is 3.03. The maximum Gasteiger partial charge on any atom is 0.302 e. The maximum atomic E-state index is 10.6. The highest BCUT2D eigenvalue weighted by atomic mass is 16.5. The quantitative estimate of drug-likeness (QED) is 0.649. The smallest absolute Gasteiger partial charge is 0.302 e. The van der Waals surface area contributed by atoms with E-state index in [0.717, 1.165) is 16.8 Å². The zero-order valence-corrected chi connectivity index (χ0v) is 8.13. The van der Waals surface area contributed by atoms with E-state index in [1.54, 1.807) is 6.20 Å². The molecule has 13 heavy (non-hydrogen) atoms. The van der Waals surface area contributed by atoms with Crippen LogP contribution in [-0.4, -0.2) is 11.0 Å². The van der Waals surface area contributed by atoms with E-state index in [1.807, 2.05) is 19.9 Å². The van der Waals surface area contributed by atoms with Crippen molar-refractivity contribution < 1.29 is 9.53 Å². The van der Waals surface area contributed by atoms with Gasteiger partial charge in [0.25, 0.3) is 0 Å². The van der Waals surface area contributed by atoms with Gasteiger partial charge in [-0.2, -0.15) is 0 Å². The lowest BCUT2D eigenvalue weighted by Gasteiger charge is -2.05. The summed E-state index contributed by atoms with van der Waals surface area (Å²) in [6.07, 6.45) is 1.79. The number of carbonyl (C=O) groups excluding carboxylic acids is 1. The second-order valence-corrected chi connectivity index (χ2v) is 3.03. The molecular weight excluding hydrogens is 166 g/mol. The number of ether oxygens (including phenoxy) is 1. The molecule has 3 heteroatoms. The summed E-state index contributed by atoms with van der Waals surface area (Å²) in [4.78, 5) is 14.7. The van der Waals surface area contributed by atoms with Gasteiger partial charge in [-0.1, -0.05) is 0 Å². The summed E-state index contributed by atoms with van der Waals surface area (Å²) in [7, 11) is 0. The Kier molecular flexibility index (Phi) is 3.01. The van der Waals surface area contributed by atoms with Gasteiger partial charge in [-0.3, -0.25) is 9.78 Å². The third-order valence-electron chi connectivity index (χ3n) is 1.78. The van der Waals surface area contributed by atoms with Crippen LogP contribution in [0.15, 0.2) is 12.3 Å². The molecule has 0 amide bonds. The fraction of sp³-hybridized carbons (Fsp3) is 0.400. The number of nitrogens with zero attached hydrogens (tertiary/aromatic N) is 1. The van der Waals surface area contributed by atoms with Crippen LogP contribution in [0.2, 0.25) is 0 Å². The first kappa shape index (κ1) is 9.71. The lowest BCUT2D eigenvalue weighted by Crippen LogP contribution is -2.01. The fourth-order valence-corrected chi connectivity index (χ4v) is 1.02. The van der Waals surface area contributed by atoms with Gasteiger partial charge in [0.05, 0.1) is 0 Å². The van der Waals surface area contributed by atoms with Crippen LogP contribution < -0.4 is 0 Å². The highest BCUT2D eigenvalue weighted by molar-refractivity contribution is 5.65. The molecule has 0 radical (unpaired) electrons. The molecule has 0 aliphatic rings. The predicted molar refractivity (Wildman–Crippen MR) is 49.2 cm³/mol. The van der Waals surface area contributed by atoms with Crippen molar-refractivity contribution in [1.82, 2.24) is 4.98 Å². The number of carbonyl (C=O) groups is 1. The minimum Gasteiger partial charge on any atom is -0.461 e. The summed E-state index contributed by atoms with van der Waals surface area (Å²) >= 11 is 0. The number of rotatable bonds is 2. The van der Waals surface area contributed by atoms with Crippen molar-refractivity contribution in [2.45, 2.75) is 27.4 Å². The first-order valence-electron chi connectivity index (χ1n) is 4.15. The highest BCUT2D eigenvalue weighted by Crippen LogP contribution is 2.09. The van der Waals surface area contributed by atoms with Crippen LogP contribution in [0.5, 0.6) is 0 Å². The molecule has 1 aromatic rings. The van der Waals surface area contributed by atoms with Crippen LogP contribution in [-0.2, 0) is 16.1 Å². The van der Waals surface area contributed by atoms with Gasteiger partial charge >= 0.3 is 5.97 Å². The molecule has 0 aromatic carbocycles. The molecule has 0 saturated carbocycles. The molecule has 3 nitrogen and oxygen atoms in total. The molecule has 0 fully saturated rings. The number of pyridine rings is 1. The minimum atomic E-state index is -0.256. The average Bonchev–Trinajstić information content (AvgIpc) is 2.06. The molecule has 0 aliphatic carbocycles. The van der Waals surface area contributed by atoms with E-state index in [9.17, 15) is 4.79 Å². The Morgan fingerprint density at radius 3 is 2.85 bits per heavy atom. The first-order chi connectivity index (χ1) is 6.09. The van der Waals surface area contributed by atoms with Crippen molar-refractivity contribution in [3.8, 4) is 0 Å². The normalized spacial score (nSPS) is 9.77. The van der Waals surface area contributed by atoms with Crippen molar-refractivity contribution in [1.29, 1.82) is 0 Å². The van der Waals surface area contributed by atoms with E-state index in [-0.39, 0.29) is 5.97 Å². The maximum absolute atomic E-state index is 10.6. The molecule has 0 bridgehead atoms. The summed E-state index contributed by atoms with van der Waals surface area (Å²) in [6.45, 7) is 5.61. The molecule has 0 aliphatic heterocycles. The Labute approximate surface area is 77.8 Å². The molecule has 0 spiro atoms. The number of hydrogen-bond acceptors (Lipinski definition) is 3. The van der Waals surface area contributed by atoms with Crippen LogP contribution in [0.4, 0.5) is 0 Å². The fourth-order valence-electron chi connectivity index (χ4n) is 1.02. The highest BCUT2D eigenvalue weighted by Gasteiger charge is 2.01. The van der Waals surface area contributed by atoms with Crippen molar-refractivity contribution >= 4 is 5.97 Å². The lowest BCUT2D eigenvalue weighted by molar-refractivity contribution is -0.142. The van der Waals surface area contributed by atoms with E-state index in [2.05, 4.69) is 4.98 Å². The molecule has 70 valence electrons. The molecule has 1 heterocycles. The summed E-state index contributed by atoms with van der Waals surface area (Å²) in [6, 6.07) is 1.93. The third-order valence-corrected chi connectivity index (χ3v) is 1.78. The van der Waals surface area contributed by atoms with E-state index in [4.69, 9.17) is 4.74 Å². The van der Waals surface area contributed by atoms with E-state index in [0.29, 0.717) is 6.61 Å². The largest absolute Gasteiger partial charge is 0.461 e. The van der Waals surface area contributed by atoms with E-state index >= 15 is 0 Å². The van der Waals surface area contributed by atoms with Crippen molar-refractivity contribution in [2.24, 2.45) is 0 Å². The number of aryl methyl sites for hydroxylation is 2. The monoisotopic (exact) mass is 179 g/mol. The topological polar surface area (TPSA) is 39.2 Å². The summed E-state index contributed by atoms with van der Waals surface area (Å²) in [5.74, 6) is -0.256. The average molecular weight is 179 g/mol. The summed E-state index contributed by atoms with van der Waals surface area (Å²) in [5, 5.41) is 0. The zero-order valence-electron chi connectivity index (χ0n) is 8.13. The second kappa shape index (κ2) is 4.03. The van der Waals surface area contributed by atoms with Crippen molar-refractivity contribution in [3.05, 3.63) is 29.1 Å². The molecule has 0 N–H and O–H groups in total.